The van der Waals surface area contributed by atoms with Crippen LogP contribution in [0.15, 0.2) is 11.9 Å². The first-order valence-corrected chi connectivity index (χ1v) is 5.99. The van der Waals surface area contributed by atoms with Crippen LogP contribution in [0.1, 0.15) is 6.92 Å². The Morgan fingerprint density at radius 3 is 1.60 bits per heavy atom. The van der Waals surface area contributed by atoms with Crippen LogP contribution in [-0.2, 0) is 0 Å². The second kappa shape index (κ2) is 5.37. The van der Waals surface area contributed by atoms with Gasteiger partial charge in [-0.25, -0.2) is 0 Å². The molecule has 0 spiro atoms. The van der Waals surface area contributed by atoms with E-state index in [4.69, 9.17) is 0 Å². The van der Waals surface area contributed by atoms with Gasteiger partial charge < -0.3 is 20.4 Å². The first-order valence-electron chi connectivity index (χ1n) is 5.99. The van der Waals surface area contributed by atoms with Gasteiger partial charge >= 0.3 is 0 Å². The molecular weight excluding hydrogens is 188 g/mol. The van der Waals surface area contributed by atoms with Crippen LogP contribution >= 0.6 is 0 Å². The zero-order valence-corrected chi connectivity index (χ0v) is 9.63. The Labute approximate surface area is 92.3 Å². The fourth-order valence-electron chi connectivity index (χ4n) is 2.35. The Morgan fingerprint density at radius 2 is 1.27 bits per heavy atom. The SMILES string of the molecule is CC=C(N1CCNCC1)N1CCNCC1. The Bertz CT molecular complexity index is 195. The zero-order valence-electron chi connectivity index (χ0n) is 9.63. The van der Waals surface area contributed by atoms with E-state index in [1.165, 1.54) is 5.82 Å². The lowest BCUT2D eigenvalue weighted by Gasteiger charge is -2.40. The number of nitrogens with zero attached hydrogens (tertiary/aromatic N) is 2. The third kappa shape index (κ3) is 2.63. The van der Waals surface area contributed by atoms with Gasteiger partial charge in [-0.1, -0.05) is 0 Å². The summed E-state index contributed by atoms with van der Waals surface area (Å²) in [7, 11) is 0. The van der Waals surface area contributed by atoms with Crippen molar-refractivity contribution in [1.82, 2.24) is 20.4 Å². The van der Waals surface area contributed by atoms with E-state index < -0.39 is 0 Å². The van der Waals surface area contributed by atoms with E-state index in [1.807, 2.05) is 0 Å². The molecule has 2 aliphatic heterocycles. The van der Waals surface area contributed by atoms with Crippen LogP contribution in [0, 0.1) is 0 Å². The van der Waals surface area contributed by atoms with E-state index in [0.29, 0.717) is 0 Å². The average molecular weight is 210 g/mol. The number of nitrogens with one attached hydrogen (secondary N) is 2. The van der Waals surface area contributed by atoms with Gasteiger partial charge in [0.1, 0.15) is 0 Å². The fourth-order valence-corrected chi connectivity index (χ4v) is 2.35. The highest BCUT2D eigenvalue weighted by Crippen LogP contribution is 2.12. The van der Waals surface area contributed by atoms with E-state index in [-0.39, 0.29) is 0 Å². The minimum absolute atomic E-state index is 1.11. The molecule has 2 saturated heterocycles. The van der Waals surface area contributed by atoms with E-state index in [2.05, 4.69) is 33.4 Å². The Morgan fingerprint density at radius 1 is 0.867 bits per heavy atom. The lowest BCUT2D eigenvalue weighted by atomic mass is 10.3. The highest BCUT2D eigenvalue weighted by atomic mass is 15.4. The number of hydrogen-bond donors (Lipinski definition) is 2. The van der Waals surface area contributed by atoms with Crippen LogP contribution in [0.4, 0.5) is 0 Å². The minimum Gasteiger partial charge on any atom is -0.356 e. The summed E-state index contributed by atoms with van der Waals surface area (Å²) in [4.78, 5) is 5.00. The van der Waals surface area contributed by atoms with Crippen LogP contribution in [0.5, 0.6) is 0 Å². The normalized spacial score (nSPS) is 22.7. The highest BCUT2D eigenvalue weighted by Gasteiger charge is 2.19. The molecule has 0 aliphatic carbocycles. The van der Waals surface area contributed by atoms with E-state index in [1.54, 1.807) is 0 Å². The van der Waals surface area contributed by atoms with E-state index in [9.17, 15) is 0 Å². The third-order valence-electron chi connectivity index (χ3n) is 3.14. The number of allylic oxidation sites excluding steroid dienone is 1. The van der Waals surface area contributed by atoms with Gasteiger partial charge in [0.25, 0.3) is 0 Å². The Kier molecular flexibility index (Phi) is 3.86. The number of rotatable bonds is 2. The lowest BCUT2D eigenvalue weighted by Crippen LogP contribution is -2.50. The molecule has 0 amide bonds. The number of hydrogen-bond acceptors (Lipinski definition) is 4. The van der Waals surface area contributed by atoms with Gasteiger partial charge in [0.15, 0.2) is 0 Å². The van der Waals surface area contributed by atoms with Gasteiger partial charge in [0, 0.05) is 52.4 Å². The van der Waals surface area contributed by atoms with Crippen molar-refractivity contribution in [3.8, 4) is 0 Å². The third-order valence-corrected chi connectivity index (χ3v) is 3.14. The van der Waals surface area contributed by atoms with Gasteiger partial charge in [0.2, 0.25) is 0 Å². The zero-order chi connectivity index (χ0) is 10.5. The Balaban J connectivity index is 1.95. The van der Waals surface area contributed by atoms with Crippen molar-refractivity contribution in [2.45, 2.75) is 6.92 Å². The molecule has 2 rings (SSSR count). The fraction of sp³-hybridized carbons (Fsp3) is 0.818. The molecule has 4 nitrogen and oxygen atoms in total. The maximum Gasteiger partial charge on any atom is 0.0996 e. The number of piperazine rings is 2. The first kappa shape index (κ1) is 10.8. The van der Waals surface area contributed by atoms with Crippen LogP contribution in [0.25, 0.3) is 0 Å². The summed E-state index contributed by atoms with van der Waals surface area (Å²) in [5, 5.41) is 6.79. The minimum atomic E-state index is 1.11. The molecule has 0 aromatic carbocycles. The summed E-state index contributed by atoms with van der Waals surface area (Å²) in [5.74, 6) is 1.43. The first-order chi connectivity index (χ1) is 7.42. The largest absolute Gasteiger partial charge is 0.356 e. The molecule has 0 radical (unpaired) electrons. The molecule has 0 aromatic heterocycles. The molecule has 15 heavy (non-hydrogen) atoms. The molecule has 2 N–H and O–H groups in total. The predicted octanol–water partition coefficient (Wildman–Crippen LogP) is -0.342. The summed E-state index contributed by atoms with van der Waals surface area (Å²) in [6.07, 6.45) is 2.26. The van der Waals surface area contributed by atoms with Gasteiger partial charge in [-0.2, -0.15) is 0 Å². The Hall–Kier alpha value is -0.740. The van der Waals surface area contributed by atoms with Gasteiger partial charge in [-0.3, -0.25) is 0 Å². The van der Waals surface area contributed by atoms with E-state index >= 15 is 0 Å². The smallest absolute Gasteiger partial charge is 0.0996 e. The maximum absolute atomic E-state index is 3.40. The van der Waals surface area contributed by atoms with Crippen molar-refractivity contribution >= 4 is 0 Å². The molecule has 4 heteroatoms. The monoisotopic (exact) mass is 210 g/mol. The molecule has 2 heterocycles. The molecule has 2 aliphatic rings. The molecule has 0 unspecified atom stereocenters. The summed E-state index contributed by atoms with van der Waals surface area (Å²) < 4.78 is 0. The maximum atomic E-state index is 3.40. The van der Waals surface area contributed by atoms with E-state index in [0.717, 1.165) is 52.4 Å². The van der Waals surface area contributed by atoms with Crippen molar-refractivity contribution < 1.29 is 0 Å². The van der Waals surface area contributed by atoms with Gasteiger partial charge in [-0.05, 0) is 13.0 Å². The summed E-state index contributed by atoms with van der Waals surface area (Å²) in [5.41, 5.74) is 0. The predicted molar refractivity (Wildman–Crippen MR) is 62.6 cm³/mol. The molecule has 0 atom stereocenters. The van der Waals surface area contributed by atoms with Crippen LogP contribution in [0.3, 0.4) is 0 Å². The lowest BCUT2D eigenvalue weighted by molar-refractivity contribution is 0.178. The van der Waals surface area contributed by atoms with Crippen LogP contribution in [-0.4, -0.2) is 62.2 Å². The molecule has 86 valence electrons. The second-order valence-electron chi connectivity index (χ2n) is 4.12. The topological polar surface area (TPSA) is 30.5 Å². The summed E-state index contributed by atoms with van der Waals surface area (Å²) in [6.45, 7) is 11.2. The molecule has 2 fully saturated rings. The molecular formula is C11H22N4. The van der Waals surface area contributed by atoms with Crippen molar-refractivity contribution in [1.29, 1.82) is 0 Å². The standard InChI is InChI=1S/C11H22N4/c1-2-11(14-7-3-12-4-8-14)15-9-5-13-6-10-15/h2,12-13H,3-10H2,1H3. The summed E-state index contributed by atoms with van der Waals surface area (Å²) >= 11 is 0. The van der Waals surface area contributed by atoms with Crippen molar-refractivity contribution in [2.75, 3.05) is 52.4 Å². The quantitative estimate of drug-likeness (QED) is 0.653. The van der Waals surface area contributed by atoms with Crippen LogP contribution < -0.4 is 10.6 Å². The highest BCUT2D eigenvalue weighted by molar-refractivity contribution is 5.02. The van der Waals surface area contributed by atoms with Crippen molar-refractivity contribution in [3.63, 3.8) is 0 Å². The molecule has 0 saturated carbocycles. The van der Waals surface area contributed by atoms with Crippen molar-refractivity contribution in [3.05, 3.63) is 11.9 Å². The molecule has 0 bridgehead atoms. The van der Waals surface area contributed by atoms with Gasteiger partial charge in [-0.15, -0.1) is 0 Å². The average Bonchev–Trinajstić information content (AvgIpc) is 2.33. The van der Waals surface area contributed by atoms with Gasteiger partial charge in [0.05, 0.1) is 5.82 Å². The van der Waals surface area contributed by atoms with Crippen LogP contribution in [0.2, 0.25) is 0 Å². The van der Waals surface area contributed by atoms with Crippen molar-refractivity contribution in [2.24, 2.45) is 0 Å². The second-order valence-corrected chi connectivity index (χ2v) is 4.12. The molecule has 0 aromatic rings. The summed E-state index contributed by atoms with van der Waals surface area (Å²) in [6, 6.07) is 0.